The van der Waals surface area contributed by atoms with E-state index in [2.05, 4.69) is 22.6 Å². The van der Waals surface area contributed by atoms with Crippen LogP contribution in [0.25, 0.3) is 0 Å². The first-order valence-corrected chi connectivity index (χ1v) is 4.96. The summed E-state index contributed by atoms with van der Waals surface area (Å²) >= 11 is 2.34. The maximum Gasteiger partial charge on any atom is 0.225 e. The molecule has 2 nitrogen and oxygen atoms in total. The first kappa shape index (κ1) is 8.30. The van der Waals surface area contributed by atoms with Crippen LogP contribution in [0.3, 0.4) is 0 Å². The van der Waals surface area contributed by atoms with Crippen LogP contribution in [0.5, 0.6) is 0 Å². The van der Waals surface area contributed by atoms with Gasteiger partial charge in [0.15, 0.2) is 0 Å². The molecule has 3 heteroatoms. The molecule has 0 saturated heterocycles. The van der Waals surface area contributed by atoms with Crippen LogP contribution < -0.4 is 0 Å². The molecule has 10 heavy (non-hydrogen) atoms. The van der Waals surface area contributed by atoms with Crippen LogP contribution >= 0.6 is 22.6 Å². The summed E-state index contributed by atoms with van der Waals surface area (Å²) in [4.78, 5) is 12.9. The molecule has 0 bridgehead atoms. The van der Waals surface area contributed by atoms with Crippen LogP contribution in [-0.4, -0.2) is 29.3 Å². The Morgan fingerprint density at radius 1 is 1.70 bits per heavy atom. The molecule has 0 spiro atoms. The quantitative estimate of drug-likeness (QED) is 0.534. The van der Waals surface area contributed by atoms with Gasteiger partial charge in [-0.1, -0.05) is 22.6 Å². The van der Waals surface area contributed by atoms with E-state index in [9.17, 15) is 4.79 Å². The van der Waals surface area contributed by atoms with Crippen molar-refractivity contribution >= 4 is 28.5 Å². The minimum absolute atomic E-state index is 0.307. The molecule has 2 atom stereocenters. The summed E-state index contributed by atoms with van der Waals surface area (Å²) in [5.41, 5.74) is 0. The number of rotatable bonds is 2. The number of nitrogens with zero attached hydrogens (tertiary/aromatic N) is 1. The molecule has 0 aromatic carbocycles. The zero-order chi connectivity index (χ0) is 7.72. The molecule has 0 aromatic heterocycles. The minimum Gasteiger partial charge on any atom is -0.349 e. The van der Waals surface area contributed by atoms with E-state index in [-0.39, 0.29) is 0 Å². The third-order valence-electron chi connectivity index (χ3n) is 1.88. The molecule has 1 amide bonds. The fourth-order valence-corrected chi connectivity index (χ4v) is 2.03. The van der Waals surface area contributed by atoms with Crippen LogP contribution in [-0.2, 0) is 4.79 Å². The van der Waals surface area contributed by atoms with Crippen molar-refractivity contribution in [2.45, 2.75) is 6.42 Å². The fraction of sp³-hybridized carbons (Fsp3) is 0.857. The second kappa shape index (κ2) is 3.07. The van der Waals surface area contributed by atoms with Gasteiger partial charge in [-0.25, -0.2) is 0 Å². The van der Waals surface area contributed by atoms with E-state index in [0.717, 1.165) is 10.8 Å². The van der Waals surface area contributed by atoms with Crippen molar-refractivity contribution in [3.8, 4) is 0 Å². The molecule has 0 N–H and O–H groups in total. The molecule has 0 aliphatic heterocycles. The lowest BCUT2D eigenvalue weighted by Crippen LogP contribution is -2.24. The van der Waals surface area contributed by atoms with Gasteiger partial charge in [-0.3, -0.25) is 4.79 Å². The molecule has 2 unspecified atom stereocenters. The highest BCUT2D eigenvalue weighted by molar-refractivity contribution is 14.1. The van der Waals surface area contributed by atoms with Crippen LogP contribution in [0.2, 0.25) is 0 Å². The van der Waals surface area contributed by atoms with E-state index < -0.39 is 0 Å². The SMILES string of the molecule is CN(C)C(=O)C1CC1CI. The van der Waals surface area contributed by atoms with Crippen LogP contribution in [0.4, 0.5) is 0 Å². The molecule has 1 fully saturated rings. The molecule has 0 radical (unpaired) electrons. The summed E-state index contributed by atoms with van der Waals surface area (Å²) in [5.74, 6) is 1.34. The van der Waals surface area contributed by atoms with E-state index in [1.165, 1.54) is 0 Å². The maximum absolute atomic E-state index is 11.2. The average Bonchev–Trinajstić information content (AvgIpc) is 2.64. The lowest BCUT2D eigenvalue weighted by Gasteiger charge is -2.08. The van der Waals surface area contributed by atoms with Crippen molar-refractivity contribution in [1.29, 1.82) is 0 Å². The Hall–Kier alpha value is 0.200. The smallest absolute Gasteiger partial charge is 0.225 e. The van der Waals surface area contributed by atoms with Gasteiger partial charge >= 0.3 is 0 Å². The largest absolute Gasteiger partial charge is 0.349 e. The van der Waals surface area contributed by atoms with Crippen molar-refractivity contribution in [1.82, 2.24) is 4.90 Å². The number of amides is 1. The van der Waals surface area contributed by atoms with Gasteiger partial charge in [0.1, 0.15) is 0 Å². The molecule has 1 rings (SSSR count). The van der Waals surface area contributed by atoms with Gasteiger partial charge in [0.2, 0.25) is 5.91 Å². The molecule has 0 aromatic rings. The second-order valence-electron chi connectivity index (χ2n) is 2.99. The number of hydrogen-bond acceptors (Lipinski definition) is 1. The normalized spacial score (nSPS) is 29.9. The summed E-state index contributed by atoms with van der Waals surface area (Å²) in [5, 5.41) is 0. The second-order valence-corrected chi connectivity index (χ2v) is 3.87. The number of hydrogen-bond donors (Lipinski definition) is 0. The van der Waals surface area contributed by atoms with E-state index in [4.69, 9.17) is 0 Å². The summed E-state index contributed by atoms with van der Waals surface area (Å²) in [7, 11) is 3.65. The Labute approximate surface area is 75.1 Å². The van der Waals surface area contributed by atoms with E-state index in [1.54, 1.807) is 4.90 Å². The van der Waals surface area contributed by atoms with E-state index >= 15 is 0 Å². The minimum atomic E-state index is 0.307. The Bertz CT molecular complexity index is 147. The van der Waals surface area contributed by atoms with Crippen molar-refractivity contribution in [3.05, 3.63) is 0 Å². The van der Waals surface area contributed by atoms with Crippen molar-refractivity contribution in [2.24, 2.45) is 11.8 Å². The summed E-state index contributed by atoms with van der Waals surface area (Å²) in [6.07, 6.45) is 1.11. The van der Waals surface area contributed by atoms with Crippen molar-refractivity contribution in [2.75, 3.05) is 18.5 Å². The van der Waals surface area contributed by atoms with Gasteiger partial charge in [0, 0.05) is 24.4 Å². The third kappa shape index (κ3) is 1.62. The van der Waals surface area contributed by atoms with Crippen molar-refractivity contribution in [3.63, 3.8) is 0 Å². The first-order chi connectivity index (χ1) is 4.66. The van der Waals surface area contributed by atoms with Crippen molar-refractivity contribution < 1.29 is 4.79 Å². The third-order valence-corrected chi connectivity index (χ3v) is 3.01. The standard InChI is InChI=1S/C7H12INO/c1-9(2)7(10)6-3-5(6)4-8/h5-6H,3-4H2,1-2H3. The first-order valence-electron chi connectivity index (χ1n) is 3.44. The fourth-order valence-electron chi connectivity index (χ4n) is 1.05. The maximum atomic E-state index is 11.2. The zero-order valence-corrected chi connectivity index (χ0v) is 8.46. The predicted molar refractivity (Wildman–Crippen MR) is 49.2 cm³/mol. The Morgan fingerprint density at radius 2 is 2.30 bits per heavy atom. The Morgan fingerprint density at radius 3 is 2.60 bits per heavy atom. The lowest BCUT2D eigenvalue weighted by atomic mass is 10.3. The number of carbonyl (C=O) groups excluding carboxylic acids is 1. The predicted octanol–water partition coefficient (Wildman–Crippen LogP) is 1.15. The molecular weight excluding hydrogens is 241 g/mol. The van der Waals surface area contributed by atoms with E-state index in [1.807, 2.05) is 14.1 Å². The Balaban J connectivity index is 2.33. The molecular formula is C7H12INO. The number of carbonyl (C=O) groups is 1. The van der Waals surface area contributed by atoms with Crippen LogP contribution in [0.15, 0.2) is 0 Å². The van der Waals surface area contributed by atoms with Gasteiger partial charge in [-0.2, -0.15) is 0 Å². The summed E-state index contributed by atoms with van der Waals surface area (Å²) in [6.45, 7) is 0. The van der Waals surface area contributed by atoms with Gasteiger partial charge in [0.05, 0.1) is 0 Å². The van der Waals surface area contributed by atoms with Gasteiger partial charge in [-0.15, -0.1) is 0 Å². The van der Waals surface area contributed by atoms with Crippen LogP contribution in [0.1, 0.15) is 6.42 Å². The van der Waals surface area contributed by atoms with Crippen LogP contribution in [0, 0.1) is 11.8 Å². The Kier molecular flexibility index (Phi) is 2.55. The van der Waals surface area contributed by atoms with E-state index in [0.29, 0.717) is 17.7 Å². The number of alkyl halides is 1. The lowest BCUT2D eigenvalue weighted by molar-refractivity contribution is -0.130. The highest BCUT2D eigenvalue weighted by Crippen LogP contribution is 2.40. The zero-order valence-electron chi connectivity index (χ0n) is 6.30. The highest BCUT2D eigenvalue weighted by Gasteiger charge is 2.42. The average molecular weight is 253 g/mol. The monoisotopic (exact) mass is 253 g/mol. The molecule has 58 valence electrons. The summed E-state index contributed by atoms with van der Waals surface area (Å²) in [6, 6.07) is 0. The molecule has 0 heterocycles. The molecule has 1 aliphatic carbocycles. The van der Waals surface area contributed by atoms with Gasteiger partial charge in [-0.05, 0) is 12.3 Å². The highest BCUT2D eigenvalue weighted by atomic mass is 127. The van der Waals surface area contributed by atoms with Gasteiger partial charge in [0.25, 0.3) is 0 Å². The molecule has 1 saturated carbocycles. The van der Waals surface area contributed by atoms with Gasteiger partial charge < -0.3 is 4.90 Å². The molecule has 1 aliphatic rings. The summed E-state index contributed by atoms with van der Waals surface area (Å²) < 4.78 is 1.13. The number of halogens is 1. The topological polar surface area (TPSA) is 20.3 Å².